The predicted molar refractivity (Wildman–Crippen MR) is 60.5 cm³/mol. The zero-order chi connectivity index (χ0) is 10.4. The van der Waals surface area contributed by atoms with Gasteiger partial charge in [0.2, 0.25) is 0 Å². The number of rotatable bonds is 2. The van der Waals surface area contributed by atoms with Crippen LogP contribution in [0.15, 0.2) is 30.3 Å². The second-order valence-corrected chi connectivity index (χ2v) is 5.12. The topological polar surface area (TPSA) is 20.2 Å². The van der Waals surface area contributed by atoms with E-state index in [2.05, 4.69) is 22.9 Å². The fraction of sp³-hybridized carbons (Fsp3) is 0.333. The van der Waals surface area contributed by atoms with Gasteiger partial charge in [-0.05, 0) is 0 Å². The standard InChI is InChI=1S/C12H14OSe/c1-3-12(2,13)9-10-14-11-7-5-4-6-8-11/h4-8,13H,3H2,1-2H3. The average molecular weight is 253 g/mol. The zero-order valence-corrected chi connectivity index (χ0v) is 10.2. The Morgan fingerprint density at radius 3 is 2.57 bits per heavy atom. The third-order valence-corrected chi connectivity index (χ3v) is 3.41. The molecule has 2 heteroatoms. The van der Waals surface area contributed by atoms with E-state index in [0.29, 0.717) is 6.42 Å². The van der Waals surface area contributed by atoms with Crippen molar-refractivity contribution in [3.05, 3.63) is 30.3 Å². The maximum absolute atomic E-state index is 9.64. The van der Waals surface area contributed by atoms with Crippen molar-refractivity contribution < 1.29 is 5.11 Å². The molecule has 1 unspecified atom stereocenters. The van der Waals surface area contributed by atoms with Gasteiger partial charge in [-0.3, -0.25) is 0 Å². The first-order valence-corrected chi connectivity index (χ1v) is 6.32. The molecule has 0 aliphatic rings. The van der Waals surface area contributed by atoms with Crippen LogP contribution in [0, 0.1) is 10.7 Å². The van der Waals surface area contributed by atoms with Crippen molar-refractivity contribution in [2.75, 3.05) is 0 Å². The van der Waals surface area contributed by atoms with Gasteiger partial charge in [-0.2, -0.15) is 0 Å². The molecular weight excluding hydrogens is 239 g/mol. The minimum absolute atomic E-state index is 0.153. The molecule has 14 heavy (non-hydrogen) atoms. The maximum atomic E-state index is 9.64. The van der Waals surface area contributed by atoms with Gasteiger partial charge in [0, 0.05) is 0 Å². The summed E-state index contributed by atoms with van der Waals surface area (Å²) in [6.45, 7) is 3.69. The Kier molecular flexibility index (Phi) is 4.22. The van der Waals surface area contributed by atoms with Crippen molar-refractivity contribution in [3.8, 4) is 10.7 Å². The number of hydrogen-bond acceptors (Lipinski definition) is 1. The van der Waals surface area contributed by atoms with Crippen LogP contribution in [0.3, 0.4) is 0 Å². The molecule has 0 bridgehead atoms. The number of benzene rings is 1. The molecule has 0 saturated carbocycles. The molecule has 1 aromatic carbocycles. The van der Waals surface area contributed by atoms with E-state index in [-0.39, 0.29) is 15.0 Å². The summed E-state index contributed by atoms with van der Waals surface area (Å²) >= 11 is 0.153. The summed E-state index contributed by atoms with van der Waals surface area (Å²) < 4.78 is 1.25. The Bertz CT molecular complexity index is 332. The van der Waals surface area contributed by atoms with Crippen LogP contribution in [0.1, 0.15) is 20.3 Å². The normalized spacial score (nSPS) is 13.9. The predicted octanol–water partition coefficient (Wildman–Crippen LogP) is 1.14. The summed E-state index contributed by atoms with van der Waals surface area (Å²) in [5.41, 5.74) is -0.823. The minimum atomic E-state index is -0.823. The summed E-state index contributed by atoms with van der Waals surface area (Å²) in [7, 11) is 0. The van der Waals surface area contributed by atoms with Crippen LogP contribution in [0.25, 0.3) is 0 Å². The van der Waals surface area contributed by atoms with Gasteiger partial charge < -0.3 is 0 Å². The number of aliphatic hydroxyl groups is 1. The van der Waals surface area contributed by atoms with E-state index >= 15 is 0 Å². The molecule has 0 aliphatic carbocycles. The Hall–Kier alpha value is -0.741. The molecule has 1 aromatic rings. The molecule has 0 radical (unpaired) electrons. The van der Waals surface area contributed by atoms with E-state index in [1.807, 2.05) is 25.1 Å². The fourth-order valence-electron chi connectivity index (χ4n) is 0.771. The molecule has 1 atom stereocenters. The Morgan fingerprint density at radius 1 is 1.36 bits per heavy atom. The van der Waals surface area contributed by atoms with Crippen molar-refractivity contribution >= 4 is 19.4 Å². The van der Waals surface area contributed by atoms with Crippen LogP contribution < -0.4 is 4.46 Å². The van der Waals surface area contributed by atoms with Crippen molar-refractivity contribution in [3.63, 3.8) is 0 Å². The van der Waals surface area contributed by atoms with Crippen LogP contribution in [0.5, 0.6) is 0 Å². The molecule has 1 N–H and O–H groups in total. The SMILES string of the molecule is CCC(C)(O)C#C[Se]c1ccccc1. The van der Waals surface area contributed by atoms with E-state index in [1.54, 1.807) is 6.92 Å². The second-order valence-electron chi connectivity index (χ2n) is 3.27. The Morgan fingerprint density at radius 2 is 2.00 bits per heavy atom. The molecule has 0 heterocycles. The van der Waals surface area contributed by atoms with E-state index < -0.39 is 5.60 Å². The molecule has 0 spiro atoms. The molecule has 1 rings (SSSR count). The molecule has 0 aliphatic heterocycles. The van der Waals surface area contributed by atoms with E-state index in [4.69, 9.17) is 0 Å². The monoisotopic (exact) mass is 254 g/mol. The summed E-state index contributed by atoms with van der Waals surface area (Å²) in [6, 6.07) is 10.1. The summed E-state index contributed by atoms with van der Waals surface area (Å²) in [4.78, 5) is 3.06. The van der Waals surface area contributed by atoms with Gasteiger partial charge in [0.25, 0.3) is 0 Å². The molecule has 0 amide bonds. The first kappa shape index (κ1) is 11.3. The van der Waals surface area contributed by atoms with Gasteiger partial charge >= 0.3 is 91.5 Å². The van der Waals surface area contributed by atoms with Crippen LogP contribution >= 0.6 is 0 Å². The van der Waals surface area contributed by atoms with E-state index in [9.17, 15) is 5.11 Å². The molecule has 0 aromatic heterocycles. The number of hydrogen-bond donors (Lipinski definition) is 1. The summed E-state index contributed by atoms with van der Waals surface area (Å²) in [5.74, 6) is 2.89. The molecular formula is C12H14OSe. The van der Waals surface area contributed by atoms with Crippen LogP contribution in [0.2, 0.25) is 0 Å². The van der Waals surface area contributed by atoms with Gasteiger partial charge in [-0.25, -0.2) is 0 Å². The van der Waals surface area contributed by atoms with Crippen molar-refractivity contribution in [2.24, 2.45) is 0 Å². The third kappa shape index (κ3) is 3.98. The zero-order valence-electron chi connectivity index (χ0n) is 8.45. The first-order valence-electron chi connectivity index (χ1n) is 4.60. The van der Waals surface area contributed by atoms with Gasteiger partial charge in [0.15, 0.2) is 0 Å². The Balaban J connectivity index is 2.56. The summed E-state index contributed by atoms with van der Waals surface area (Å²) in [6.07, 6.45) is 0.671. The van der Waals surface area contributed by atoms with E-state index in [1.165, 1.54) is 4.46 Å². The van der Waals surface area contributed by atoms with Crippen LogP contribution in [-0.2, 0) is 0 Å². The van der Waals surface area contributed by atoms with Gasteiger partial charge in [-0.1, -0.05) is 0 Å². The molecule has 1 nitrogen and oxygen atoms in total. The van der Waals surface area contributed by atoms with Crippen LogP contribution in [0.4, 0.5) is 0 Å². The second kappa shape index (κ2) is 5.22. The fourth-order valence-corrected chi connectivity index (χ4v) is 2.20. The summed E-state index contributed by atoms with van der Waals surface area (Å²) in [5, 5.41) is 9.64. The average Bonchev–Trinajstić information content (AvgIpc) is 2.19. The van der Waals surface area contributed by atoms with E-state index in [0.717, 1.165) is 0 Å². The van der Waals surface area contributed by atoms with Crippen molar-refractivity contribution in [2.45, 2.75) is 25.9 Å². The van der Waals surface area contributed by atoms with Gasteiger partial charge in [-0.15, -0.1) is 0 Å². The first-order chi connectivity index (χ1) is 6.64. The van der Waals surface area contributed by atoms with Gasteiger partial charge in [0.1, 0.15) is 0 Å². The Labute approximate surface area is 91.7 Å². The molecule has 0 fully saturated rings. The van der Waals surface area contributed by atoms with Gasteiger partial charge in [0.05, 0.1) is 0 Å². The molecule has 0 saturated heterocycles. The quantitative estimate of drug-likeness (QED) is 0.619. The van der Waals surface area contributed by atoms with Crippen molar-refractivity contribution in [1.29, 1.82) is 0 Å². The third-order valence-electron chi connectivity index (χ3n) is 1.92. The molecule has 74 valence electrons. The van der Waals surface area contributed by atoms with Crippen LogP contribution in [-0.4, -0.2) is 25.7 Å². The van der Waals surface area contributed by atoms with Crippen molar-refractivity contribution in [1.82, 2.24) is 0 Å².